The van der Waals surface area contributed by atoms with Gasteiger partial charge in [0.1, 0.15) is 5.70 Å². The Balaban J connectivity index is 2.15. The van der Waals surface area contributed by atoms with E-state index in [1.165, 1.54) is 4.90 Å². The molecule has 0 spiro atoms. The van der Waals surface area contributed by atoms with E-state index in [0.717, 1.165) is 0 Å². The van der Waals surface area contributed by atoms with Crippen LogP contribution in [0.1, 0.15) is 13.3 Å². The lowest BCUT2D eigenvalue weighted by Crippen LogP contribution is -2.51. The first-order valence-corrected chi connectivity index (χ1v) is 4.47. The second kappa shape index (κ2) is 3.09. The van der Waals surface area contributed by atoms with Crippen LogP contribution in [0.5, 0.6) is 0 Å². The van der Waals surface area contributed by atoms with Gasteiger partial charge in [0, 0.05) is 6.42 Å². The Bertz CT molecular complexity index is 323. The van der Waals surface area contributed by atoms with Crippen LogP contribution >= 0.6 is 0 Å². The van der Waals surface area contributed by atoms with Crippen LogP contribution in [-0.2, 0) is 14.3 Å². The second-order valence-corrected chi connectivity index (χ2v) is 3.51. The Morgan fingerprint density at radius 2 is 2.50 bits per heavy atom. The van der Waals surface area contributed by atoms with Gasteiger partial charge in [-0.05, 0) is 12.0 Å². The summed E-state index contributed by atoms with van der Waals surface area (Å²) in [5.74, 6) is -0.496. The zero-order valence-corrected chi connectivity index (χ0v) is 7.77. The van der Waals surface area contributed by atoms with Crippen LogP contribution < -0.4 is 0 Å². The molecule has 2 aliphatic heterocycles. The van der Waals surface area contributed by atoms with Crippen molar-refractivity contribution < 1.29 is 19.4 Å². The van der Waals surface area contributed by atoms with Crippen LogP contribution in [0.15, 0.2) is 11.8 Å². The van der Waals surface area contributed by atoms with Crippen LogP contribution in [0, 0.1) is 5.92 Å². The first kappa shape index (κ1) is 9.21. The van der Waals surface area contributed by atoms with E-state index in [2.05, 4.69) is 4.74 Å². The fourth-order valence-corrected chi connectivity index (χ4v) is 1.91. The van der Waals surface area contributed by atoms with Crippen molar-refractivity contribution in [1.29, 1.82) is 0 Å². The lowest BCUT2D eigenvalue weighted by molar-refractivity contribution is -0.155. The molecule has 5 heteroatoms. The average Bonchev–Trinajstić information content (AvgIpc) is 2.38. The molecule has 0 bridgehead atoms. The largest absolute Gasteiger partial charge is 0.434 e. The summed E-state index contributed by atoms with van der Waals surface area (Å²) in [5.41, 5.74) is 0.271. The fraction of sp³-hybridized carbons (Fsp3) is 0.556. The Morgan fingerprint density at radius 1 is 1.79 bits per heavy atom. The van der Waals surface area contributed by atoms with Crippen molar-refractivity contribution in [1.82, 2.24) is 4.90 Å². The van der Waals surface area contributed by atoms with Gasteiger partial charge < -0.3 is 14.7 Å². The molecule has 2 rings (SSSR count). The number of esters is 1. The molecular formula is C9H11NO4. The maximum atomic E-state index is 11.3. The summed E-state index contributed by atoms with van der Waals surface area (Å²) >= 11 is 0. The summed E-state index contributed by atoms with van der Waals surface area (Å²) in [5, 5.41) is 8.43. The summed E-state index contributed by atoms with van der Waals surface area (Å²) in [6, 6.07) is 0.115. The summed E-state index contributed by atoms with van der Waals surface area (Å²) in [6.45, 7) is 1.29. The SMILES string of the molecule is CC1C=C(C(=O)OCO)N2C(=O)C[C@@H]12. The standard InChI is InChI=1S/C9H11NO4/c1-5-2-7(9(13)14-4-11)10-6(5)3-8(10)12/h2,5-6,11H,3-4H2,1H3/t5?,6-/m0/s1. The zero-order chi connectivity index (χ0) is 10.3. The molecule has 1 N–H and O–H groups in total. The number of nitrogens with zero attached hydrogens (tertiary/aromatic N) is 1. The number of amides is 1. The maximum Gasteiger partial charge on any atom is 0.356 e. The van der Waals surface area contributed by atoms with Crippen molar-refractivity contribution in [2.24, 2.45) is 5.92 Å². The number of aliphatic hydroxyl groups is 1. The van der Waals surface area contributed by atoms with E-state index < -0.39 is 12.8 Å². The van der Waals surface area contributed by atoms with Crippen LogP contribution in [0.2, 0.25) is 0 Å². The third kappa shape index (κ3) is 1.13. The molecule has 0 aromatic rings. The predicted octanol–water partition coefficient (Wildman–Crippen LogP) is -0.386. The van der Waals surface area contributed by atoms with Crippen molar-refractivity contribution in [2.45, 2.75) is 19.4 Å². The molecule has 2 aliphatic rings. The number of fused-ring (bicyclic) bond motifs is 1. The number of hydrogen-bond donors (Lipinski definition) is 1. The average molecular weight is 197 g/mol. The van der Waals surface area contributed by atoms with Gasteiger partial charge in [-0.1, -0.05) is 6.92 Å². The first-order valence-electron chi connectivity index (χ1n) is 4.47. The molecule has 0 aliphatic carbocycles. The second-order valence-electron chi connectivity index (χ2n) is 3.51. The Hall–Kier alpha value is -1.36. The van der Waals surface area contributed by atoms with E-state index in [-0.39, 0.29) is 23.6 Å². The fourth-order valence-electron chi connectivity index (χ4n) is 1.91. The van der Waals surface area contributed by atoms with Gasteiger partial charge in [0.2, 0.25) is 5.91 Å². The molecule has 2 heterocycles. The first-order chi connectivity index (χ1) is 6.65. The molecule has 14 heavy (non-hydrogen) atoms. The number of carbonyl (C=O) groups excluding carboxylic acids is 2. The molecule has 1 saturated heterocycles. The highest BCUT2D eigenvalue weighted by Crippen LogP contribution is 2.37. The van der Waals surface area contributed by atoms with Crippen LogP contribution in [0.3, 0.4) is 0 Å². The van der Waals surface area contributed by atoms with E-state index in [4.69, 9.17) is 5.11 Å². The number of ether oxygens (including phenoxy) is 1. The van der Waals surface area contributed by atoms with Gasteiger partial charge in [0.25, 0.3) is 0 Å². The van der Waals surface area contributed by atoms with Gasteiger partial charge in [-0.25, -0.2) is 4.79 Å². The Labute approximate surface area is 80.9 Å². The van der Waals surface area contributed by atoms with Gasteiger partial charge >= 0.3 is 5.97 Å². The summed E-state index contributed by atoms with van der Waals surface area (Å²) < 4.78 is 4.43. The number of aliphatic hydroxyl groups excluding tert-OH is 1. The lowest BCUT2D eigenvalue weighted by Gasteiger charge is -2.37. The minimum atomic E-state index is -0.656. The summed E-state index contributed by atoms with van der Waals surface area (Å²) in [7, 11) is 0. The number of hydrogen-bond acceptors (Lipinski definition) is 4. The molecular weight excluding hydrogens is 186 g/mol. The maximum absolute atomic E-state index is 11.3. The van der Waals surface area contributed by atoms with Crippen molar-refractivity contribution in [2.75, 3.05) is 6.79 Å². The van der Waals surface area contributed by atoms with E-state index in [9.17, 15) is 9.59 Å². The molecule has 2 atom stereocenters. The third-order valence-electron chi connectivity index (χ3n) is 2.68. The van der Waals surface area contributed by atoms with E-state index in [1.807, 2.05) is 6.92 Å². The van der Waals surface area contributed by atoms with Crippen molar-refractivity contribution in [3.63, 3.8) is 0 Å². The van der Waals surface area contributed by atoms with Crippen molar-refractivity contribution in [3.05, 3.63) is 11.8 Å². The highest BCUT2D eigenvalue weighted by Gasteiger charge is 2.47. The van der Waals surface area contributed by atoms with Gasteiger partial charge in [0.05, 0.1) is 6.04 Å². The van der Waals surface area contributed by atoms with E-state index >= 15 is 0 Å². The number of β-lactam (4-membered cyclic amide) rings is 1. The molecule has 0 radical (unpaired) electrons. The lowest BCUT2D eigenvalue weighted by atomic mass is 9.94. The molecule has 76 valence electrons. The quantitative estimate of drug-likeness (QED) is 0.372. The zero-order valence-electron chi connectivity index (χ0n) is 7.77. The Kier molecular flexibility index (Phi) is 2.03. The van der Waals surface area contributed by atoms with Crippen molar-refractivity contribution in [3.8, 4) is 0 Å². The van der Waals surface area contributed by atoms with Gasteiger partial charge in [-0.15, -0.1) is 0 Å². The monoisotopic (exact) mass is 197 g/mol. The molecule has 1 fully saturated rings. The van der Waals surface area contributed by atoms with Crippen LogP contribution in [-0.4, -0.2) is 34.7 Å². The molecule has 0 aromatic carbocycles. The smallest absolute Gasteiger partial charge is 0.356 e. The predicted molar refractivity (Wildman–Crippen MR) is 45.7 cm³/mol. The highest BCUT2D eigenvalue weighted by atomic mass is 16.6. The highest BCUT2D eigenvalue weighted by molar-refractivity contribution is 5.98. The minimum Gasteiger partial charge on any atom is -0.434 e. The summed E-state index contributed by atoms with van der Waals surface area (Å²) in [6.07, 6.45) is 2.21. The third-order valence-corrected chi connectivity index (χ3v) is 2.68. The van der Waals surface area contributed by atoms with Gasteiger partial charge in [0.15, 0.2) is 6.79 Å². The molecule has 5 nitrogen and oxygen atoms in total. The normalized spacial score (nSPS) is 29.4. The number of rotatable bonds is 2. The molecule has 0 saturated carbocycles. The molecule has 1 amide bonds. The Morgan fingerprint density at radius 3 is 3.07 bits per heavy atom. The molecule has 1 unspecified atom stereocenters. The summed E-state index contributed by atoms with van der Waals surface area (Å²) in [4.78, 5) is 23.9. The van der Waals surface area contributed by atoms with E-state index in [1.54, 1.807) is 6.08 Å². The number of carbonyl (C=O) groups is 2. The minimum absolute atomic E-state index is 0.0551. The van der Waals surface area contributed by atoms with Crippen LogP contribution in [0.25, 0.3) is 0 Å². The van der Waals surface area contributed by atoms with Crippen LogP contribution in [0.4, 0.5) is 0 Å². The van der Waals surface area contributed by atoms with Gasteiger partial charge in [-0.3, -0.25) is 4.79 Å². The van der Waals surface area contributed by atoms with Crippen molar-refractivity contribution >= 4 is 11.9 Å². The molecule has 0 aromatic heterocycles. The van der Waals surface area contributed by atoms with E-state index in [0.29, 0.717) is 6.42 Å². The topological polar surface area (TPSA) is 66.8 Å². The van der Waals surface area contributed by atoms with Gasteiger partial charge in [-0.2, -0.15) is 0 Å².